The summed E-state index contributed by atoms with van der Waals surface area (Å²) in [4.78, 5) is 18.8. The van der Waals surface area contributed by atoms with Crippen LogP contribution in [0.3, 0.4) is 0 Å². The Hall–Kier alpha value is -2.32. The molecule has 1 fully saturated rings. The Morgan fingerprint density at radius 2 is 2.14 bits per heavy atom. The second kappa shape index (κ2) is 10.3. The largest absolute Gasteiger partial charge is 0.379 e. The molecule has 152 valence electrons. The van der Waals surface area contributed by atoms with Crippen LogP contribution >= 0.6 is 0 Å². The van der Waals surface area contributed by atoms with Gasteiger partial charge in [0.2, 0.25) is 11.8 Å². The van der Waals surface area contributed by atoms with Crippen LogP contribution in [0.25, 0.3) is 0 Å². The van der Waals surface area contributed by atoms with Gasteiger partial charge >= 0.3 is 0 Å². The third-order valence-corrected chi connectivity index (χ3v) is 4.76. The highest BCUT2D eigenvalue weighted by Gasteiger charge is 2.23. The highest BCUT2D eigenvalue weighted by Crippen LogP contribution is 2.22. The van der Waals surface area contributed by atoms with E-state index in [1.807, 2.05) is 13.0 Å². The second-order valence-corrected chi connectivity index (χ2v) is 6.88. The number of rotatable bonds is 9. The summed E-state index contributed by atoms with van der Waals surface area (Å²) < 4.78 is 24.3. The lowest BCUT2D eigenvalue weighted by molar-refractivity contribution is -0.121. The van der Waals surface area contributed by atoms with Crippen LogP contribution in [0.4, 0.5) is 4.39 Å². The van der Waals surface area contributed by atoms with Crippen molar-refractivity contribution in [2.24, 2.45) is 0 Å². The summed E-state index contributed by atoms with van der Waals surface area (Å²) in [7, 11) is 0. The normalized spacial score (nSPS) is 16.1. The maximum atomic E-state index is 13.7. The molecule has 2 aromatic rings. The third kappa shape index (κ3) is 5.84. The van der Waals surface area contributed by atoms with E-state index in [0.717, 1.165) is 31.5 Å². The molecule has 1 saturated heterocycles. The van der Waals surface area contributed by atoms with Gasteiger partial charge < -0.3 is 14.6 Å². The molecule has 0 saturated carbocycles. The van der Waals surface area contributed by atoms with E-state index in [0.29, 0.717) is 37.9 Å². The lowest BCUT2D eigenvalue weighted by Gasteiger charge is -2.35. The van der Waals surface area contributed by atoms with E-state index < -0.39 is 0 Å². The van der Waals surface area contributed by atoms with E-state index in [-0.39, 0.29) is 24.2 Å². The Morgan fingerprint density at radius 1 is 1.32 bits per heavy atom. The van der Waals surface area contributed by atoms with Crippen molar-refractivity contribution in [1.82, 2.24) is 20.4 Å². The summed E-state index contributed by atoms with van der Waals surface area (Å²) in [5.74, 6) is 0.788. The summed E-state index contributed by atoms with van der Waals surface area (Å²) in [5, 5.41) is 6.86. The maximum Gasteiger partial charge on any atom is 0.227 e. The zero-order chi connectivity index (χ0) is 19.8. The highest BCUT2D eigenvalue weighted by atomic mass is 19.1. The molecule has 1 aliphatic heterocycles. The Balaban J connectivity index is 1.55. The van der Waals surface area contributed by atoms with E-state index in [2.05, 4.69) is 20.4 Å². The van der Waals surface area contributed by atoms with Crippen LogP contribution < -0.4 is 5.32 Å². The molecule has 1 aliphatic rings. The van der Waals surface area contributed by atoms with Gasteiger partial charge in [-0.3, -0.25) is 9.69 Å². The third-order valence-electron chi connectivity index (χ3n) is 4.76. The first-order valence-corrected chi connectivity index (χ1v) is 9.81. The lowest BCUT2D eigenvalue weighted by atomic mass is 10.0. The molecule has 7 nitrogen and oxygen atoms in total. The van der Waals surface area contributed by atoms with Crippen molar-refractivity contribution in [3.05, 3.63) is 47.4 Å². The van der Waals surface area contributed by atoms with Crippen LogP contribution in [0.5, 0.6) is 0 Å². The zero-order valence-corrected chi connectivity index (χ0v) is 16.2. The number of carbonyl (C=O) groups excluding carboxylic acids is 1. The van der Waals surface area contributed by atoms with Crippen molar-refractivity contribution < 1.29 is 18.4 Å². The molecule has 3 rings (SSSR count). The molecular formula is C20H27FN4O3. The van der Waals surface area contributed by atoms with Crippen LogP contribution in [0.2, 0.25) is 0 Å². The van der Waals surface area contributed by atoms with Gasteiger partial charge in [0.1, 0.15) is 5.82 Å². The van der Waals surface area contributed by atoms with Crippen LogP contribution in [0.15, 0.2) is 28.8 Å². The minimum absolute atomic E-state index is 0.0927. The minimum atomic E-state index is -0.277. The van der Waals surface area contributed by atoms with Crippen molar-refractivity contribution in [2.45, 2.75) is 38.6 Å². The highest BCUT2D eigenvalue weighted by molar-refractivity contribution is 5.76. The standard InChI is InChI=1S/C20H27FN4O3/c1-2-4-18-23-20(28-24-18)8-7-19(26)22-14-17(25-9-11-27-12-10-25)15-5-3-6-16(21)13-15/h3,5-6,13,17H,2,4,7-12,14H2,1H3,(H,22,26). The maximum absolute atomic E-state index is 13.7. The van der Waals surface area contributed by atoms with Gasteiger partial charge in [0.25, 0.3) is 0 Å². The molecule has 1 atom stereocenters. The molecule has 0 radical (unpaired) electrons. The lowest BCUT2D eigenvalue weighted by Crippen LogP contribution is -2.43. The Kier molecular flexibility index (Phi) is 7.50. The van der Waals surface area contributed by atoms with Crippen molar-refractivity contribution in [1.29, 1.82) is 0 Å². The number of carbonyl (C=O) groups is 1. The predicted molar refractivity (Wildman–Crippen MR) is 101 cm³/mol. The number of aromatic nitrogens is 2. The number of ether oxygens (including phenoxy) is 1. The predicted octanol–water partition coefficient (Wildman–Crippen LogP) is 2.28. The molecule has 1 aromatic heterocycles. The SMILES string of the molecule is CCCc1noc(CCC(=O)NCC(c2cccc(F)c2)N2CCOCC2)n1. The second-order valence-electron chi connectivity index (χ2n) is 6.88. The molecular weight excluding hydrogens is 363 g/mol. The average molecular weight is 390 g/mol. The quantitative estimate of drug-likeness (QED) is 0.708. The van der Waals surface area contributed by atoms with Gasteiger partial charge in [-0.2, -0.15) is 4.98 Å². The number of amides is 1. The van der Waals surface area contributed by atoms with Crippen molar-refractivity contribution in [3.8, 4) is 0 Å². The number of halogens is 1. The molecule has 0 spiro atoms. The summed E-state index contributed by atoms with van der Waals surface area (Å²) in [6.45, 7) is 5.23. The van der Waals surface area contributed by atoms with E-state index >= 15 is 0 Å². The number of hydrogen-bond donors (Lipinski definition) is 1. The van der Waals surface area contributed by atoms with E-state index in [1.54, 1.807) is 6.07 Å². The van der Waals surface area contributed by atoms with Crippen LogP contribution in [-0.2, 0) is 22.4 Å². The molecule has 0 bridgehead atoms. The number of morpholine rings is 1. The first kappa shape index (κ1) is 20.4. The first-order valence-electron chi connectivity index (χ1n) is 9.81. The number of nitrogens with zero attached hydrogens (tertiary/aromatic N) is 3. The number of hydrogen-bond acceptors (Lipinski definition) is 6. The van der Waals surface area contributed by atoms with Crippen LogP contribution in [-0.4, -0.2) is 53.8 Å². The van der Waals surface area contributed by atoms with Crippen LogP contribution in [0, 0.1) is 5.82 Å². The van der Waals surface area contributed by atoms with Crippen molar-refractivity contribution >= 4 is 5.91 Å². The molecule has 1 N–H and O–H groups in total. The zero-order valence-electron chi connectivity index (χ0n) is 16.2. The van der Waals surface area contributed by atoms with E-state index in [4.69, 9.17) is 9.26 Å². The fraction of sp³-hybridized carbons (Fsp3) is 0.550. The Morgan fingerprint density at radius 3 is 2.89 bits per heavy atom. The van der Waals surface area contributed by atoms with Gasteiger partial charge in [-0.05, 0) is 24.1 Å². The fourth-order valence-electron chi connectivity index (χ4n) is 3.30. The topological polar surface area (TPSA) is 80.5 Å². The average Bonchev–Trinajstić information content (AvgIpc) is 3.15. The van der Waals surface area contributed by atoms with Gasteiger partial charge in [0.15, 0.2) is 5.82 Å². The van der Waals surface area contributed by atoms with Crippen LogP contribution in [0.1, 0.15) is 43.1 Å². The minimum Gasteiger partial charge on any atom is -0.379 e. The molecule has 28 heavy (non-hydrogen) atoms. The Labute approximate surface area is 164 Å². The molecule has 8 heteroatoms. The molecule has 0 aliphatic carbocycles. The van der Waals surface area contributed by atoms with E-state index in [1.165, 1.54) is 12.1 Å². The smallest absolute Gasteiger partial charge is 0.227 e. The van der Waals surface area contributed by atoms with Gasteiger partial charge in [-0.25, -0.2) is 4.39 Å². The molecule has 1 unspecified atom stereocenters. The number of nitrogens with one attached hydrogen (secondary N) is 1. The van der Waals surface area contributed by atoms with Gasteiger partial charge in [-0.1, -0.05) is 24.2 Å². The summed E-state index contributed by atoms with van der Waals surface area (Å²) in [6, 6.07) is 6.45. The monoisotopic (exact) mass is 390 g/mol. The summed E-state index contributed by atoms with van der Waals surface area (Å²) in [6.07, 6.45) is 2.39. The number of aryl methyl sites for hydroxylation is 2. The van der Waals surface area contributed by atoms with Gasteiger partial charge in [0, 0.05) is 38.9 Å². The summed E-state index contributed by atoms with van der Waals surface area (Å²) in [5.41, 5.74) is 0.850. The summed E-state index contributed by atoms with van der Waals surface area (Å²) >= 11 is 0. The first-order chi connectivity index (χ1) is 13.7. The molecule has 1 aromatic carbocycles. The van der Waals surface area contributed by atoms with E-state index in [9.17, 15) is 9.18 Å². The Bertz CT molecular complexity index is 761. The molecule has 2 heterocycles. The molecule has 1 amide bonds. The number of benzene rings is 1. The van der Waals surface area contributed by atoms with Crippen molar-refractivity contribution in [3.63, 3.8) is 0 Å². The van der Waals surface area contributed by atoms with Gasteiger partial charge in [-0.15, -0.1) is 0 Å². The van der Waals surface area contributed by atoms with Crippen molar-refractivity contribution in [2.75, 3.05) is 32.8 Å². The van der Waals surface area contributed by atoms with Gasteiger partial charge in [0.05, 0.1) is 19.3 Å². The fourth-order valence-corrected chi connectivity index (χ4v) is 3.30.